The molecule has 1 aliphatic heterocycles. The molecule has 122 valence electrons. The topological polar surface area (TPSA) is 65.6 Å². The van der Waals surface area contributed by atoms with Crippen LogP contribution in [0.25, 0.3) is 0 Å². The van der Waals surface area contributed by atoms with Crippen LogP contribution >= 0.6 is 0 Å². The molecule has 0 atom stereocenters. The van der Waals surface area contributed by atoms with Crippen LogP contribution in [0.5, 0.6) is 0 Å². The van der Waals surface area contributed by atoms with Gasteiger partial charge in [-0.05, 0) is 45.5 Å². The zero-order valence-corrected chi connectivity index (χ0v) is 13.4. The number of rotatable bonds is 6. The molecule has 1 aliphatic rings. The molecule has 1 aromatic rings. The molecule has 0 aliphatic carbocycles. The Morgan fingerprint density at radius 2 is 2.14 bits per heavy atom. The Morgan fingerprint density at radius 3 is 2.73 bits per heavy atom. The molecule has 1 N–H and O–H groups in total. The number of hydrogen-bond acceptors (Lipinski definition) is 4. The van der Waals surface area contributed by atoms with E-state index in [0.717, 1.165) is 32.4 Å². The number of likely N-dealkylation sites (tertiary alicyclic amines) is 1. The number of hydrogen-bond donors (Lipinski definition) is 1. The lowest BCUT2D eigenvalue weighted by molar-refractivity contribution is 0.0563. The number of aromatic amines is 1. The van der Waals surface area contributed by atoms with E-state index in [9.17, 15) is 9.59 Å². The first-order valence-corrected chi connectivity index (χ1v) is 7.79. The minimum absolute atomic E-state index is 0.0121. The molecule has 2 heterocycles. The molecule has 1 fully saturated rings. The zero-order chi connectivity index (χ0) is 15.9. The van der Waals surface area contributed by atoms with Crippen LogP contribution in [0.15, 0.2) is 23.1 Å². The van der Waals surface area contributed by atoms with Gasteiger partial charge in [0.25, 0.3) is 5.91 Å². The maximum absolute atomic E-state index is 12.8. The highest BCUT2D eigenvalue weighted by Crippen LogP contribution is 2.18. The molecule has 1 amide bonds. The van der Waals surface area contributed by atoms with Crippen molar-refractivity contribution in [2.75, 3.05) is 40.4 Å². The van der Waals surface area contributed by atoms with Gasteiger partial charge in [0.1, 0.15) is 0 Å². The number of methoxy groups -OCH3 is 1. The Morgan fingerprint density at radius 1 is 1.41 bits per heavy atom. The van der Waals surface area contributed by atoms with Crippen molar-refractivity contribution >= 4 is 5.91 Å². The molecule has 0 aromatic carbocycles. The molecule has 0 spiro atoms. The van der Waals surface area contributed by atoms with Gasteiger partial charge in [0.05, 0.1) is 5.56 Å². The molecule has 1 saturated heterocycles. The van der Waals surface area contributed by atoms with E-state index in [-0.39, 0.29) is 17.5 Å². The molecule has 0 bridgehead atoms. The van der Waals surface area contributed by atoms with Crippen LogP contribution in [0.1, 0.15) is 29.6 Å². The molecular formula is C16H25N3O3. The Balaban J connectivity index is 2.10. The molecule has 2 rings (SSSR count). The summed E-state index contributed by atoms with van der Waals surface area (Å²) in [6.45, 7) is 3.33. The summed E-state index contributed by atoms with van der Waals surface area (Å²) in [6, 6.07) is 3.25. The van der Waals surface area contributed by atoms with Gasteiger partial charge in [-0.25, -0.2) is 0 Å². The molecule has 0 unspecified atom stereocenters. The van der Waals surface area contributed by atoms with Crippen molar-refractivity contribution in [3.05, 3.63) is 34.2 Å². The summed E-state index contributed by atoms with van der Waals surface area (Å²) in [5.74, 6) is -0.0121. The first-order valence-electron chi connectivity index (χ1n) is 7.79. The number of aromatic nitrogens is 1. The number of carbonyl (C=O) groups excluding carboxylic acids is 1. The van der Waals surface area contributed by atoms with Crippen molar-refractivity contribution in [3.8, 4) is 0 Å². The van der Waals surface area contributed by atoms with Crippen LogP contribution in [0.2, 0.25) is 0 Å². The maximum Gasteiger partial charge on any atom is 0.255 e. The van der Waals surface area contributed by atoms with Crippen molar-refractivity contribution < 1.29 is 9.53 Å². The Hall–Kier alpha value is -1.66. The summed E-state index contributed by atoms with van der Waals surface area (Å²) in [5, 5.41) is 0. The van der Waals surface area contributed by atoms with E-state index in [1.165, 1.54) is 12.3 Å². The van der Waals surface area contributed by atoms with Crippen LogP contribution in [-0.4, -0.2) is 67.1 Å². The van der Waals surface area contributed by atoms with Crippen LogP contribution in [0.4, 0.5) is 0 Å². The Bertz CT molecular complexity index is 515. The average molecular weight is 307 g/mol. The van der Waals surface area contributed by atoms with Gasteiger partial charge >= 0.3 is 0 Å². The SMILES string of the molecule is COCCCN(C(=O)c1ccc(=O)[nH]c1)C1CCN(C)CC1. The second-order valence-electron chi connectivity index (χ2n) is 5.82. The fourth-order valence-electron chi connectivity index (χ4n) is 2.85. The van der Waals surface area contributed by atoms with E-state index in [1.807, 2.05) is 4.90 Å². The van der Waals surface area contributed by atoms with Crippen LogP contribution in [-0.2, 0) is 4.74 Å². The number of carbonyl (C=O) groups is 1. The first-order chi connectivity index (χ1) is 10.6. The number of pyridine rings is 1. The molecule has 1 aromatic heterocycles. The molecule has 0 saturated carbocycles. The van der Waals surface area contributed by atoms with E-state index in [4.69, 9.17) is 4.74 Å². The molecular weight excluding hydrogens is 282 g/mol. The lowest BCUT2D eigenvalue weighted by Crippen LogP contribution is -2.47. The number of amides is 1. The van der Waals surface area contributed by atoms with Crippen molar-refractivity contribution in [2.45, 2.75) is 25.3 Å². The number of H-pyrrole nitrogens is 1. The second kappa shape index (κ2) is 8.10. The van der Waals surface area contributed by atoms with E-state index in [0.29, 0.717) is 18.7 Å². The van der Waals surface area contributed by atoms with E-state index in [2.05, 4.69) is 16.9 Å². The van der Waals surface area contributed by atoms with Crippen molar-refractivity contribution in [1.82, 2.24) is 14.8 Å². The van der Waals surface area contributed by atoms with Crippen LogP contribution in [0.3, 0.4) is 0 Å². The predicted octanol–water partition coefficient (Wildman–Crippen LogP) is 0.948. The third kappa shape index (κ3) is 4.42. The maximum atomic E-state index is 12.8. The number of ether oxygens (including phenoxy) is 1. The summed E-state index contributed by atoms with van der Waals surface area (Å²) >= 11 is 0. The lowest BCUT2D eigenvalue weighted by atomic mass is 10.0. The van der Waals surface area contributed by atoms with E-state index >= 15 is 0 Å². The van der Waals surface area contributed by atoms with Gasteiger partial charge in [0.15, 0.2) is 0 Å². The number of nitrogens with zero attached hydrogens (tertiary/aromatic N) is 2. The highest BCUT2D eigenvalue weighted by atomic mass is 16.5. The lowest BCUT2D eigenvalue weighted by Gasteiger charge is -2.37. The third-order valence-corrected chi connectivity index (χ3v) is 4.17. The van der Waals surface area contributed by atoms with Gasteiger partial charge in [-0.15, -0.1) is 0 Å². The Kier molecular flexibility index (Phi) is 6.15. The minimum Gasteiger partial charge on any atom is -0.385 e. The first kappa shape index (κ1) is 16.7. The van der Waals surface area contributed by atoms with E-state index < -0.39 is 0 Å². The smallest absolute Gasteiger partial charge is 0.255 e. The summed E-state index contributed by atoms with van der Waals surface area (Å²) in [6.07, 6.45) is 4.29. The van der Waals surface area contributed by atoms with Gasteiger partial charge in [-0.1, -0.05) is 0 Å². The second-order valence-corrected chi connectivity index (χ2v) is 5.82. The zero-order valence-electron chi connectivity index (χ0n) is 13.4. The summed E-state index contributed by atoms with van der Waals surface area (Å²) in [4.78, 5) is 30.7. The highest BCUT2D eigenvalue weighted by molar-refractivity contribution is 5.94. The highest BCUT2D eigenvalue weighted by Gasteiger charge is 2.27. The minimum atomic E-state index is -0.193. The summed E-state index contributed by atoms with van der Waals surface area (Å²) in [7, 11) is 3.78. The van der Waals surface area contributed by atoms with E-state index in [1.54, 1.807) is 13.2 Å². The monoisotopic (exact) mass is 307 g/mol. The largest absolute Gasteiger partial charge is 0.385 e. The van der Waals surface area contributed by atoms with Gasteiger partial charge < -0.3 is 19.5 Å². The molecule has 0 radical (unpaired) electrons. The Labute approximate surface area is 131 Å². The van der Waals surface area contributed by atoms with Crippen LogP contribution in [0, 0.1) is 0 Å². The van der Waals surface area contributed by atoms with Gasteiger partial charge in [0, 0.05) is 38.6 Å². The average Bonchev–Trinajstić information content (AvgIpc) is 2.53. The number of piperidine rings is 1. The third-order valence-electron chi connectivity index (χ3n) is 4.17. The quantitative estimate of drug-likeness (QED) is 0.795. The number of nitrogens with one attached hydrogen (secondary N) is 1. The van der Waals surface area contributed by atoms with Gasteiger partial charge in [0.2, 0.25) is 5.56 Å². The van der Waals surface area contributed by atoms with Crippen molar-refractivity contribution in [3.63, 3.8) is 0 Å². The predicted molar refractivity (Wildman–Crippen MR) is 85.1 cm³/mol. The van der Waals surface area contributed by atoms with Crippen molar-refractivity contribution in [1.29, 1.82) is 0 Å². The van der Waals surface area contributed by atoms with Gasteiger partial charge in [-0.3, -0.25) is 9.59 Å². The summed E-state index contributed by atoms with van der Waals surface area (Å²) in [5.41, 5.74) is 0.345. The van der Waals surface area contributed by atoms with Gasteiger partial charge in [-0.2, -0.15) is 0 Å². The molecule has 6 nitrogen and oxygen atoms in total. The summed E-state index contributed by atoms with van der Waals surface area (Å²) < 4.78 is 5.10. The normalized spacial score (nSPS) is 16.6. The fourth-order valence-corrected chi connectivity index (χ4v) is 2.85. The fraction of sp³-hybridized carbons (Fsp3) is 0.625. The molecule has 22 heavy (non-hydrogen) atoms. The van der Waals surface area contributed by atoms with Crippen LogP contribution < -0.4 is 5.56 Å². The van der Waals surface area contributed by atoms with Crippen molar-refractivity contribution in [2.24, 2.45) is 0 Å². The standard InChI is InChI=1S/C16H25N3O3/c1-18-9-6-14(7-10-18)19(8-3-11-22-2)16(21)13-4-5-15(20)17-12-13/h4-5,12,14H,3,6-11H2,1-2H3,(H,17,20). The molecule has 6 heteroatoms.